The topological polar surface area (TPSA) is 64.0 Å². The van der Waals surface area contributed by atoms with Crippen LogP contribution in [0.3, 0.4) is 0 Å². The molecular formula is C21H25N3O2S. The van der Waals surface area contributed by atoms with Crippen LogP contribution < -0.4 is 10.9 Å². The molecule has 1 aromatic carbocycles. The lowest BCUT2D eigenvalue weighted by molar-refractivity contribution is -0.122. The first-order valence-electron chi connectivity index (χ1n) is 9.28. The van der Waals surface area contributed by atoms with Crippen LogP contribution in [0, 0.1) is 13.8 Å². The number of amides is 1. The number of benzene rings is 1. The van der Waals surface area contributed by atoms with E-state index >= 15 is 0 Å². The lowest BCUT2D eigenvalue weighted by Crippen LogP contribution is -2.38. The van der Waals surface area contributed by atoms with Crippen molar-refractivity contribution in [2.75, 3.05) is 0 Å². The van der Waals surface area contributed by atoms with E-state index in [0.29, 0.717) is 10.2 Å². The zero-order chi connectivity index (χ0) is 19.6. The highest BCUT2D eigenvalue weighted by Gasteiger charge is 2.16. The van der Waals surface area contributed by atoms with Gasteiger partial charge in [-0.1, -0.05) is 32.0 Å². The van der Waals surface area contributed by atoms with E-state index in [0.717, 1.165) is 24.0 Å². The van der Waals surface area contributed by atoms with Crippen molar-refractivity contribution in [1.29, 1.82) is 0 Å². The van der Waals surface area contributed by atoms with E-state index < -0.39 is 0 Å². The Hall–Kier alpha value is -2.47. The molecule has 2 aromatic heterocycles. The lowest BCUT2D eigenvalue weighted by Gasteiger charge is -2.15. The Morgan fingerprint density at radius 2 is 1.96 bits per heavy atom. The Kier molecular flexibility index (Phi) is 5.75. The van der Waals surface area contributed by atoms with Gasteiger partial charge in [0.05, 0.1) is 11.7 Å². The molecule has 0 saturated heterocycles. The summed E-state index contributed by atoms with van der Waals surface area (Å²) in [6, 6.07) is 6.32. The molecule has 0 aliphatic rings. The number of fused-ring (bicyclic) bond motifs is 1. The second-order valence-electron chi connectivity index (χ2n) is 6.89. The molecule has 0 fully saturated rings. The molecule has 1 N–H and O–H groups in total. The van der Waals surface area contributed by atoms with E-state index in [2.05, 4.69) is 36.3 Å². The fourth-order valence-corrected chi connectivity index (χ4v) is 4.03. The Labute approximate surface area is 163 Å². The molecule has 1 amide bonds. The molecule has 27 heavy (non-hydrogen) atoms. The molecule has 6 heteroatoms. The zero-order valence-corrected chi connectivity index (χ0v) is 17.0. The van der Waals surface area contributed by atoms with Crippen LogP contribution in [0.1, 0.15) is 37.8 Å². The predicted octanol–water partition coefficient (Wildman–Crippen LogP) is 4.05. The van der Waals surface area contributed by atoms with Gasteiger partial charge < -0.3 is 5.32 Å². The highest BCUT2D eigenvalue weighted by molar-refractivity contribution is 7.17. The summed E-state index contributed by atoms with van der Waals surface area (Å²) in [6.45, 7) is 8.19. The maximum atomic E-state index is 13.0. The zero-order valence-electron chi connectivity index (χ0n) is 16.2. The third kappa shape index (κ3) is 3.95. The van der Waals surface area contributed by atoms with Crippen LogP contribution in [0.2, 0.25) is 0 Å². The Balaban J connectivity index is 1.98. The largest absolute Gasteiger partial charge is 0.352 e. The summed E-state index contributed by atoms with van der Waals surface area (Å²) < 4.78 is 1.40. The van der Waals surface area contributed by atoms with Gasteiger partial charge in [0.15, 0.2) is 0 Å². The number of carbonyl (C=O) groups excluding carboxylic acids is 1. The molecule has 5 nitrogen and oxygen atoms in total. The molecule has 0 bridgehead atoms. The first-order chi connectivity index (χ1) is 12.9. The Bertz CT molecular complexity index is 1030. The number of aromatic nitrogens is 2. The van der Waals surface area contributed by atoms with Crippen LogP contribution in [0.25, 0.3) is 21.3 Å². The van der Waals surface area contributed by atoms with Gasteiger partial charge in [-0.15, -0.1) is 11.3 Å². The third-order valence-electron chi connectivity index (χ3n) is 5.04. The van der Waals surface area contributed by atoms with Crippen LogP contribution >= 0.6 is 11.3 Å². The first-order valence-corrected chi connectivity index (χ1v) is 10.2. The van der Waals surface area contributed by atoms with Gasteiger partial charge in [-0.2, -0.15) is 0 Å². The maximum Gasteiger partial charge on any atom is 0.263 e. The fraction of sp³-hybridized carbons (Fsp3) is 0.381. The van der Waals surface area contributed by atoms with Crippen LogP contribution in [0.5, 0.6) is 0 Å². The first kappa shape index (κ1) is 19.3. The molecule has 0 atom stereocenters. The Morgan fingerprint density at radius 3 is 2.63 bits per heavy atom. The van der Waals surface area contributed by atoms with Crippen LogP contribution in [0.15, 0.2) is 34.7 Å². The average Bonchev–Trinajstić information content (AvgIpc) is 3.09. The summed E-state index contributed by atoms with van der Waals surface area (Å²) in [7, 11) is 0. The number of aryl methyl sites for hydroxylation is 2. The molecule has 0 spiro atoms. The van der Waals surface area contributed by atoms with E-state index in [4.69, 9.17) is 0 Å². The van der Waals surface area contributed by atoms with Crippen molar-refractivity contribution < 1.29 is 4.79 Å². The normalized spacial score (nSPS) is 11.3. The van der Waals surface area contributed by atoms with Crippen LogP contribution in [0.4, 0.5) is 0 Å². The molecule has 3 aromatic rings. The van der Waals surface area contributed by atoms with Crippen molar-refractivity contribution in [2.24, 2.45) is 0 Å². The standard InChI is InChI=1S/C21H25N3O2S/c1-5-16(6-2)23-18(25)10-24-12-22-20-19(21(24)26)17(11-27-20)15-8-7-13(3)14(4)9-15/h7-9,11-12,16H,5-6,10H2,1-4H3,(H,23,25). The van der Waals surface area contributed by atoms with Crippen molar-refractivity contribution >= 4 is 27.5 Å². The number of nitrogens with one attached hydrogen (secondary N) is 1. The number of hydrogen-bond donors (Lipinski definition) is 1. The summed E-state index contributed by atoms with van der Waals surface area (Å²) in [5.74, 6) is -0.157. The van der Waals surface area contributed by atoms with Gasteiger partial charge in [-0.05, 0) is 43.4 Å². The predicted molar refractivity (Wildman–Crippen MR) is 111 cm³/mol. The number of carbonyl (C=O) groups is 1. The smallest absolute Gasteiger partial charge is 0.263 e. The number of thiophene rings is 1. The summed E-state index contributed by atoms with van der Waals surface area (Å²) in [4.78, 5) is 30.5. The van der Waals surface area contributed by atoms with Crippen molar-refractivity contribution in [3.05, 3.63) is 51.4 Å². The second kappa shape index (κ2) is 8.05. The molecule has 0 aliphatic carbocycles. The molecule has 0 aliphatic heterocycles. The molecule has 3 rings (SSSR count). The van der Waals surface area contributed by atoms with Gasteiger partial charge in [-0.3, -0.25) is 14.2 Å². The van der Waals surface area contributed by atoms with Gasteiger partial charge in [0.2, 0.25) is 5.91 Å². The molecule has 2 heterocycles. The van der Waals surface area contributed by atoms with Crippen LogP contribution in [-0.2, 0) is 11.3 Å². The molecule has 0 saturated carbocycles. The second-order valence-corrected chi connectivity index (χ2v) is 7.75. The van der Waals surface area contributed by atoms with Gasteiger partial charge in [0.1, 0.15) is 11.4 Å². The fourth-order valence-electron chi connectivity index (χ4n) is 3.12. The quantitative estimate of drug-likeness (QED) is 0.698. The van der Waals surface area contributed by atoms with E-state index in [1.165, 1.54) is 33.4 Å². The average molecular weight is 384 g/mol. The van der Waals surface area contributed by atoms with Gasteiger partial charge >= 0.3 is 0 Å². The SMILES string of the molecule is CCC(CC)NC(=O)Cn1cnc2scc(-c3ccc(C)c(C)c3)c2c1=O. The minimum absolute atomic E-state index is 0.0134. The monoisotopic (exact) mass is 383 g/mol. The van der Waals surface area contributed by atoms with Crippen LogP contribution in [-0.4, -0.2) is 21.5 Å². The van der Waals surface area contributed by atoms with Crippen molar-refractivity contribution in [3.8, 4) is 11.1 Å². The third-order valence-corrected chi connectivity index (χ3v) is 5.93. The molecule has 0 radical (unpaired) electrons. The Morgan fingerprint density at radius 1 is 1.22 bits per heavy atom. The van der Waals surface area contributed by atoms with Crippen molar-refractivity contribution in [1.82, 2.24) is 14.9 Å². The number of rotatable bonds is 6. The maximum absolute atomic E-state index is 13.0. The van der Waals surface area contributed by atoms with E-state index in [1.54, 1.807) is 0 Å². The van der Waals surface area contributed by atoms with Crippen molar-refractivity contribution in [3.63, 3.8) is 0 Å². The minimum Gasteiger partial charge on any atom is -0.352 e. The van der Waals surface area contributed by atoms with Gasteiger partial charge in [0, 0.05) is 17.0 Å². The van der Waals surface area contributed by atoms with E-state index in [-0.39, 0.29) is 24.1 Å². The summed E-state index contributed by atoms with van der Waals surface area (Å²) in [6.07, 6.45) is 3.21. The minimum atomic E-state index is -0.172. The molecular weight excluding hydrogens is 358 g/mol. The van der Waals surface area contributed by atoms with Crippen molar-refractivity contribution in [2.45, 2.75) is 53.1 Å². The highest BCUT2D eigenvalue weighted by atomic mass is 32.1. The van der Waals surface area contributed by atoms with Gasteiger partial charge in [-0.25, -0.2) is 4.98 Å². The number of hydrogen-bond acceptors (Lipinski definition) is 4. The molecule has 0 unspecified atom stereocenters. The molecule has 142 valence electrons. The highest BCUT2D eigenvalue weighted by Crippen LogP contribution is 2.31. The lowest BCUT2D eigenvalue weighted by atomic mass is 10.0. The summed E-state index contributed by atoms with van der Waals surface area (Å²) in [5, 5.41) is 5.52. The van der Waals surface area contributed by atoms with E-state index in [9.17, 15) is 9.59 Å². The number of nitrogens with zero attached hydrogens (tertiary/aromatic N) is 2. The summed E-state index contributed by atoms with van der Waals surface area (Å²) in [5.41, 5.74) is 4.11. The van der Waals surface area contributed by atoms with E-state index in [1.807, 2.05) is 25.3 Å². The summed E-state index contributed by atoms with van der Waals surface area (Å²) >= 11 is 1.45. The van der Waals surface area contributed by atoms with Gasteiger partial charge in [0.25, 0.3) is 5.56 Å².